The van der Waals surface area contributed by atoms with Crippen LogP contribution in [0.15, 0.2) is 0 Å². The molecule has 20 heavy (non-hydrogen) atoms. The van der Waals surface area contributed by atoms with Crippen molar-refractivity contribution in [3.8, 4) is 0 Å². The zero-order valence-corrected chi connectivity index (χ0v) is 11.5. The first-order chi connectivity index (χ1) is 9.31. The Labute approximate surface area is 116 Å². The molecule has 0 aromatic rings. The smallest absolute Gasteiger partial charge is 0.325 e. The van der Waals surface area contributed by atoms with Gasteiger partial charge in [0.15, 0.2) is 0 Å². The van der Waals surface area contributed by atoms with Gasteiger partial charge in [-0.25, -0.2) is 4.79 Å². The summed E-state index contributed by atoms with van der Waals surface area (Å²) in [5.74, 6) is -0.915. The van der Waals surface area contributed by atoms with E-state index in [-0.39, 0.29) is 13.2 Å². The molecule has 0 unspecified atom stereocenters. The Balaban J connectivity index is 1.91. The molecule has 3 N–H and O–H groups in total. The third kappa shape index (κ3) is 2.91. The summed E-state index contributed by atoms with van der Waals surface area (Å²) < 4.78 is 5.06. The standard InChI is InChI=1S/C12H19N3O5/c1-12(2)10(18)15(11(19)14-12)5-9(17)13-7-3-4-20-6-8(7)16/h7-8,16H,3-6H2,1-2H3,(H,13,17)(H,14,19)/t7-,8-/m1/s1. The lowest BCUT2D eigenvalue weighted by molar-refractivity contribution is -0.135. The normalized spacial score (nSPS) is 29.2. The van der Waals surface area contributed by atoms with Crippen LogP contribution in [0, 0.1) is 0 Å². The van der Waals surface area contributed by atoms with Crippen molar-refractivity contribution in [2.45, 2.75) is 38.0 Å². The van der Waals surface area contributed by atoms with Crippen molar-refractivity contribution in [3.63, 3.8) is 0 Å². The lowest BCUT2D eigenvalue weighted by atomic mass is 10.1. The molecule has 2 atom stereocenters. The van der Waals surface area contributed by atoms with Crippen molar-refractivity contribution >= 4 is 17.8 Å². The number of carbonyl (C=O) groups is 3. The van der Waals surface area contributed by atoms with Crippen molar-refractivity contribution in [1.82, 2.24) is 15.5 Å². The van der Waals surface area contributed by atoms with Gasteiger partial charge in [0, 0.05) is 6.61 Å². The molecule has 112 valence electrons. The average molecular weight is 285 g/mol. The summed E-state index contributed by atoms with van der Waals surface area (Å²) in [5, 5.41) is 14.8. The van der Waals surface area contributed by atoms with Gasteiger partial charge in [-0.3, -0.25) is 14.5 Å². The number of hydrogen-bond donors (Lipinski definition) is 3. The van der Waals surface area contributed by atoms with E-state index in [0.717, 1.165) is 4.90 Å². The highest BCUT2D eigenvalue weighted by atomic mass is 16.5. The third-order valence-electron chi connectivity index (χ3n) is 3.42. The molecule has 4 amide bonds. The van der Waals surface area contributed by atoms with Crippen LogP contribution < -0.4 is 10.6 Å². The number of hydrogen-bond acceptors (Lipinski definition) is 5. The molecule has 2 rings (SSSR count). The lowest BCUT2D eigenvalue weighted by Crippen LogP contribution is -2.52. The maximum atomic E-state index is 11.9. The molecule has 8 nitrogen and oxygen atoms in total. The van der Waals surface area contributed by atoms with Gasteiger partial charge in [-0.15, -0.1) is 0 Å². The first-order valence-corrected chi connectivity index (χ1v) is 6.50. The molecular formula is C12H19N3O5. The predicted octanol–water partition coefficient (Wildman–Crippen LogP) is -1.42. The van der Waals surface area contributed by atoms with Crippen molar-refractivity contribution in [2.75, 3.05) is 19.8 Å². The zero-order valence-electron chi connectivity index (χ0n) is 11.5. The number of rotatable bonds is 3. The van der Waals surface area contributed by atoms with E-state index in [1.807, 2.05) is 0 Å². The Morgan fingerprint density at radius 2 is 2.25 bits per heavy atom. The van der Waals surface area contributed by atoms with Crippen LogP contribution in [0.2, 0.25) is 0 Å². The fraction of sp³-hybridized carbons (Fsp3) is 0.750. The molecule has 0 aliphatic carbocycles. The molecule has 2 aliphatic heterocycles. The molecule has 2 aliphatic rings. The minimum absolute atomic E-state index is 0.168. The van der Waals surface area contributed by atoms with E-state index in [1.54, 1.807) is 13.8 Å². The number of nitrogens with one attached hydrogen (secondary N) is 2. The van der Waals surface area contributed by atoms with E-state index in [2.05, 4.69) is 10.6 Å². The van der Waals surface area contributed by atoms with Crippen LogP contribution in [0.5, 0.6) is 0 Å². The molecule has 0 bridgehead atoms. The SMILES string of the molecule is CC1(C)NC(=O)N(CC(=O)N[C@@H]2CCOC[C@H]2O)C1=O. The predicted molar refractivity (Wildman–Crippen MR) is 67.7 cm³/mol. The number of amides is 4. The van der Waals surface area contributed by atoms with E-state index in [0.29, 0.717) is 13.0 Å². The molecule has 0 radical (unpaired) electrons. The second-order valence-corrected chi connectivity index (χ2v) is 5.55. The highest BCUT2D eigenvalue weighted by Crippen LogP contribution is 2.16. The van der Waals surface area contributed by atoms with E-state index < -0.39 is 35.5 Å². The molecule has 0 aromatic heterocycles. The number of ether oxygens (including phenoxy) is 1. The number of nitrogens with zero attached hydrogens (tertiary/aromatic N) is 1. The van der Waals surface area contributed by atoms with Gasteiger partial charge in [-0.2, -0.15) is 0 Å². The summed E-state index contributed by atoms with van der Waals surface area (Å²) in [6.45, 7) is 3.43. The van der Waals surface area contributed by atoms with Crippen LogP contribution in [0.3, 0.4) is 0 Å². The number of aliphatic hydroxyl groups excluding tert-OH is 1. The van der Waals surface area contributed by atoms with Crippen LogP contribution in [-0.2, 0) is 14.3 Å². The topological polar surface area (TPSA) is 108 Å². The van der Waals surface area contributed by atoms with E-state index in [9.17, 15) is 19.5 Å². The highest BCUT2D eigenvalue weighted by molar-refractivity contribution is 6.08. The summed E-state index contributed by atoms with van der Waals surface area (Å²) in [4.78, 5) is 36.3. The Kier molecular flexibility index (Phi) is 3.96. The van der Waals surface area contributed by atoms with Crippen LogP contribution in [0.25, 0.3) is 0 Å². The van der Waals surface area contributed by atoms with Gasteiger partial charge in [-0.1, -0.05) is 0 Å². The lowest BCUT2D eigenvalue weighted by Gasteiger charge is -2.28. The number of carbonyl (C=O) groups excluding carboxylic acids is 3. The van der Waals surface area contributed by atoms with Crippen molar-refractivity contribution in [3.05, 3.63) is 0 Å². The van der Waals surface area contributed by atoms with Gasteiger partial charge in [-0.05, 0) is 20.3 Å². The minimum atomic E-state index is -0.991. The maximum Gasteiger partial charge on any atom is 0.325 e. The quantitative estimate of drug-likeness (QED) is 0.552. The second kappa shape index (κ2) is 5.37. The Bertz CT molecular complexity index is 437. The average Bonchev–Trinajstić information content (AvgIpc) is 2.55. The second-order valence-electron chi connectivity index (χ2n) is 5.55. The van der Waals surface area contributed by atoms with Crippen molar-refractivity contribution < 1.29 is 24.2 Å². The molecule has 2 heterocycles. The number of imide groups is 1. The van der Waals surface area contributed by atoms with E-state index in [4.69, 9.17) is 4.74 Å². The molecular weight excluding hydrogens is 266 g/mol. The molecule has 8 heteroatoms. The monoisotopic (exact) mass is 285 g/mol. The van der Waals surface area contributed by atoms with Gasteiger partial charge in [0.25, 0.3) is 5.91 Å². The van der Waals surface area contributed by atoms with Crippen LogP contribution in [0.1, 0.15) is 20.3 Å². The zero-order chi connectivity index (χ0) is 14.9. The summed E-state index contributed by atoms with van der Waals surface area (Å²) in [7, 11) is 0. The number of aliphatic hydroxyl groups is 1. The Hall–Kier alpha value is -1.67. The Morgan fingerprint density at radius 1 is 1.55 bits per heavy atom. The van der Waals surface area contributed by atoms with Gasteiger partial charge in [0.1, 0.15) is 12.1 Å². The Morgan fingerprint density at radius 3 is 2.80 bits per heavy atom. The third-order valence-corrected chi connectivity index (χ3v) is 3.42. The van der Waals surface area contributed by atoms with E-state index >= 15 is 0 Å². The van der Waals surface area contributed by atoms with Gasteiger partial charge in [0.2, 0.25) is 5.91 Å². The highest BCUT2D eigenvalue weighted by Gasteiger charge is 2.45. The first kappa shape index (κ1) is 14.7. The van der Waals surface area contributed by atoms with Crippen molar-refractivity contribution in [1.29, 1.82) is 0 Å². The van der Waals surface area contributed by atoms with Crippen molar-refractivity contribution in [2.24, 2.45) is 0 Å². The van der Waals surface area contributed by atoms with Gasteiger partial charge in [0.05, 0.1) is 18.8 Å². The van der Waals surface area contributed by atoms with Gasteiger partial charge < -0.3 is 20.5 Å². The molecule has 0 saturated carbocycles. The molecule has 0 aromatic carbocycles. The van der Waals surface area contributed by atoms with Crippen LogP contribution in [0.4, 0.5) is 4.79 Å². The molecule has 2 saturated heterocycles. The minimum Gasteiger partial charge on any atom is -0.389 e. The fourth-order valence-electron chi connectivity index (χ4n) is 2.25. The molecule has 2 fully saturated rings. The summed E-state index contributed by atoms with van der Waals surface area (Å²) >= 11 is 0. The maximum absolute atomic E-state index is 11.9. The first-order valence-electron chi connectivity index (χ1n) is 6.50. The summed E-state index contributed by atoms with van der Waals surface area (Å²) in [6.07, 6.45) is -0.273. The molecule has 0 spiro atoms. The van der Waals surface area contributed by atoms with Crippen LogP contribution in [-0.4, -0.2) is 65.3 Å². The van der Waals surface area contributed by atoms with Crippen LogP contribution >= 0.6 is 0 Å². The summed E-state index contributed by atoms with van der Waals surface area (Å²) in [6, 6.07) is -0.993. The largest absolute Gasteiger partial charge is 0.389 e. The fourth-order valence-corrected chi connectivity index (χ4v) is 2.25. The number of urea groups is 1. The summed E-state index contributed by atoms with van der Waals surface area (Å²) in [5.41, 5.74) is -0.991. The van der Waals surface area contributed by atoms with E-state index in [1.165, 1.54) is 0 Å². The van der Waals surface area contributed by atoms with Gasteiger partial charge >= 0.3 is 6.03 Å².